The average molecular weight is 534 g/mol. The zero-order chi connectivity index (χ0) is 27.5. The first kappa shape index (κ1) is 27.5. The van der Waals surface area contributed by atoms with E-state index in [9.17, 15) is 13.2 Å². The number of benzene rings is 3. The lowest BCUT2D eigenvalue weighted by Gasteiger charge is -2.34. The van der Waals surface area contributed by atoms with E-state index in [0.717, 1.165) is 23.2 Å². The van der Waals surface area contributed by atoms with Gasteiger partial charge in [-0.2, -0.15) is 0 Å². The van der Waals surface area contributed by atoms with Gasteiger partial charge in [0.15, 0.2) is 0 Å². The molecule has 1 amide bonds. The van der Waals surface area contributed by atoms with Crippen LogP contribution in [0.15, 0.2) is 77.7 Å². The number of hydrogen-bond acceptors (Lipinski definition) is 5. The van der Waals surface area contributed by atoms with Crippen molar-refractivity contribution in [2.75, 3.05) is 19.6 Å². The maximum atomic E-state index is 13.0. The molecule has 4 rings (SSSR count). The van der Waals surface area contributed by atoms with Crippen molar-refractivity contribution in [1.82, 2.24) is 14.5 Å². The van der Waals surface area contributed by atoms with Gasteiger partial charge in [0, 0.05) is 42.8 Å². The fourth-order valence-electron chi connectivity index (χ4n) is 4.51. The number of nitrogens with two attached hydrogens (primary N) is 1. The topological polar surface area (TPSA) is 120 Å². The maximum absolute atomic E-state index is 13.0. The monoisotopic (exact) mass is 533 g/mol. The molecule has 0 atom stereocenters. The van der Waals surface area contributed by atoms with Gasteiger partial charge in [-0.3, -0.25) is 15.1 Å². The molecule has 0 aromatic heterocycles. The Morgan fingerprint density at radius 1 is 0.921 bits per heavy atom. The molecule has 9 heteroatoms. The van der Waals surface area contributed by atoms with Crippen LogP contribution < -0.4 is 10.5 Å². The van der Waals surface area contributed by atoms with E-state index >= 15 is 0 Å². The minimum Gasteiger partial charge on any atom is -0.384 e. The lowest BCUT2D eigenvalue weighted by Crippen LogP contribution is -2.49. The molecule has 0 spiro atoms. The highest BCUT2D eigenvalue weighted by molar-refractivity contribution is 7.89. The second-order valence-corrected chi connectivity index (χ2v) is 12.3. The molecule has 200 valence electrons. The highest BCUT2D eigenvalue weighted by atomic mass is 32.2. The van der Waals surface area contributed by atoms with Crippen LogP contribution in [-0.4, -0.2) is 55.1 Å². The second kappa shape index (κ2) is 11.1. The van der Waals surface area contributed by atoms with Gasteiger partial charge < -0.3 is 10.6 Å². The van der Waals surface area contributed by atoms with Crippen molar-refractivity contribution in [2.24, 2.45) is 5.73 Å². The Morgan fingerprint density at radius 2 is 1.53 bits per heavy atom. The number of carbonyl (C=O) groups excluding carboxylic acids is 1. The van der Waals surface area contributed by atoms with E-state index in [2.05, 4.69) is 9.62 Å². The van der Waals surface area contributed by atoms with Gasteiger partial charge >= 0.3 is 0 Å². The number of hydrogen-bond donors (Lipinski definition) is 3. The third-order valence-corrected chi connectivity index (χ3v) is 8.14. The third kappa shape index (κ3) is 6.86. The minimum atomic E-state index is -3.69. The molecule has 1 aliphatic rings. The standard InChI is InChI=1S/C29H35N5O3S/c1-29(2,3)32-38(36,37)26-7-5-4-6-25(26)23-12-8-21(9-13-23)18-33-16-17-34(27(35)20-33)19-22-10-14-24(15-11-22)28(30)31/h4-15,32H,16-20H2,1-3H3,(H3,30,31). The summed E-state index contributed by atoms with van der Waals surface area (Å²) in [6.07, 6.45) is 0. The molecular formula is C29H35N5O3S. The third-order valence-electron chi connectivity index (χ3n) is 6.32. The first-order valence-electron chi connectivity index (χ1n) is 12.6. The number of rotatable bonds is 8. The van der Waals surface area contributed by atoms with Crippen molar-refractivity contribution in [3.8, 4) is 11.1 Å². The Balaban J connectivity index is 1.39. The number of sulfonamides is 1. The van der Waals surface area contributed by atoms with E-state index in [-0.39, 0.29) is 16.6 Å². The van der Waals surface area contributed by atoms with Crippen LogP contribution >= 0.6 is 0 Å². The summed E-state index contributed by atoms with van der Waals surface area (Å²) in [5.41, 5.74) is 9.13. The SMILES string of the molecule is CC(C)(C)NS(=O)(=O)c1ccccc1-c1ccc(CN2CCN(Cc3ccc(C(=N)N)cc3)C(=O)C2)cc1. The lowest BCUT2D eigenvalue weighted by molar-refractivity contribution is -0.136. The summed E-state index contributed by atoms with van der Waals surface area (Å²) in [7, 11) is -3.69. The number of amides is 1. The molecule has 0 radical (unpaired) electrons. The number of piperazine rings is 1. The van der Waals surface area contributed by atoms with Crippen LogP contribution in [-0.2, 0) is 27.9 Å². The van der Waals surface area contributed by atoms with Crippen LogP contribution in [0.4, 0.5) is 0 Å². The molecule has 1 saturated heterocycles. The molecule has 0 aliphatic carbocycles. The molecule has 1 fully saturated rings. The molecule has 0 unspecified atom stereocenters. The summed E-state index contributed by atoms with van der Waals surface area (Å²) >= 11 is 0. The van der Waals surface area contributed by atoms with Crippen LogP contribution in [0.3, 0.4) is 0 Å². The zero-order valence-electron chi connectivity index (χ0n) is 22.1. The van der Waals surface area contributed by atoms with Gasteiger partial charge in [0.25, 0.3) is 0 Å². The van der Waals surface area contributed by atoms with Gasteiger partial charge in [-0.05, 0) is 43.5 Å². The first-order valence-corrected chi connectivity index (χ1v) is 14.1. The molecule has 3 aromatic carbocycles. The molecule has 3 aromatic rings. The molecule has 8 nitrogen and oxygen atoms in total. The molecule has 1 aliphatic heterocycles. The average Bonchev–Trinajstić information content (AvgIpc) is 2.85. The highest BCUT2D eigenvalue weighted by Gasteiger charge is 2.26. The molecule has 38 heavy (non-hydrogen) atoms. The predicted molar refractivity (Wildman–Crippen MR) is 150 cm³/mol. The van der Waals surface area contributed by atoms with Gasteiger partial charge in [0.05, 0.1) is 11.4 Å². The zero-order valence-corrected chi connectivity index (χ0v) is 22.9. The number of nitrogens with zero attached hydrogens (tertiary/aromatic N) is 2. The summed E-state index contributed by atoms with van der Waals surface area (Å²) in [6, 6.07) is 22.3. The number of nitrogens with one attached hydrogen (secondary N) is 2. The highest BCUT2D eigenvalue weighted by Crippen LogP contribution is 2.28. The fourth-order valence-corrected chi connectivity index (χ4v) is 6.16. The van der Waals surface area contributed by atoms with Crippen molar-refractivity contribution in [3.05, 3.63) is 89.5 Å². The van der Waals surface area contributed by atoms with E-state index in [1.165, 1.54) is 0 Å². The van der Waals surface area contributed by atoms with Crippen LogP contribution in [0.5, 0.6) is 0 Å². The van der Waals surface area contributed by atoms with E-state index in [1.54, 1.807) is 24.3 Å². The van der Waals surface area contributed by atoms with Crippen LogP contribution in [0, 0.1) is 5.41 Å². The Labute approximate surface area is 225 Å². The Hall–Kier alpha value is -3.53. The normalized spacial score (nSPS) is 15.0. The number of carbonyl (C=O) groups is 1. The van der Waals surface area contributed by atoms with Gasteiger partial charge in [-0.1, -0.05) is 66.7 Å². The smallest absolute Gasteiger partial charge is 0.241 e. The van der Waals surface area contributed by atoms with E-state index < -0.39 is 15.6 Å². The van der Waals surface area contributed by atoms with Crippen molar-refractivity contribution in [1.29, 1.82) is 5.41 Å². The molecule has 0 saturated carbocycles. The van der Waals surface area contributed by atoms with Gasteiger partial charge in [-0.15, -0.1) is 0 Å². The largest absolute Gasteiger partial charge is 0.384 e. The van der Waals surface area contributed by atoms with Crippen molar-refractivity contribution in [3.63, 3.8) is 0 Å². The summed E-state index contributed by atoms with van der Waals surface area (Å²) < 4.78 is 28.8. The molecular weight excluding hydrogens is 498 g/mol. The fraction of sp³-hybridized carbons (Fsp3) is 0.310. The number of nitrogen functional groups attached to an aromatic ring is 1. The van der Waals surface area contributed by atoms with Gasteiger partial charge in [-0.25, -0.2) is 13.1 Å². The summed E-state index contributed by atoms with van der Waals surface area (Å²) in [6.45, 7) is 8.37. The molecule has 4 N–H and O–H groups in total. The quantitative estimate of drug-likeness (QED) is 0.302. The summed E-state index contributed by atoms with van der Waals surface area (Å²) in [5, 5.41) is 7.50. The van der Waals surface area contributed by atoms with Crippen molar-refractivity contribution in [2.45, 2.75) is 44.3 Å². The van der Waals surface area contributed by atoms with E-state index in [0.29, 0.717) is 37.3 Å². The lowest BCUT2D eigenvalue weighted by atomic mass is 10.0. The van der Waals surface area contributed by atoms with Crippen LogP contribution in [0.25, 0.3) is 11.1 Å². The Kier molecular flexibility index (Phi) is 8.01. The van der Waals surface area contributed by atoms with Gasteiger partial charge in [0.2, 0.25) is 15.9 Å². The van der Waals surface area contributed by atoms with Crippen LogP contribution in [0.2, 0.25) is 0 Å². The Morgan fingerprint density at radius 3 is 2.13 bits per heavy atom. The van der Waals surface area contributed by atoms with E-state index in [1.807, 2.05) is 74.2 Å². The number of amidine groups is 1. The van der Waals surface area contributed by atoms with E-state index in [4.69, 9.17) is 11.1 Å². The summed E-state index contributed by atoms with van der Waals surface area (Å²) in [4.78, 5) is 17.0. The van der Waals surface area contributed by atoms with Gasteiger partial charge in [0.1, 0.15) is 5.84 Å². The molecule has 1 heterocycles. The minimum absolute atomic E-state index is 0.0288. The Bertz CT molecular complexity index is 1410. The summed E-state index contributed by atoms with van der Waals surface area (Å²) in [5.74, 6) is 0.107. The predicted octanol–water partition coefficient (Wildman–Crippen LogP) is 3.56. The van der Waals surface area contributed by atoms with Crippen LogP contribution in [0.1, 0.15) is 37.5 Å². The maximum Gasteiger partial charge on any atom is 0.241 e. The molecule has 0 bridgehead atoms. The van der Waals surface area contributed by atoms with Crippen molar-refractivity contribution < 1.29 is 13.2 Å². The first-order chi connectivity index (χ1) is 17.9. The second-order valence-electron chi connectivity index (χ2n) is 10.7. The van der Waals surface area contributed by atoms with Crippen molar-refractivity contribution >= 4 is 21.8 Å².